The largest absolute Gasteiger partial charge is 0.441 e. The smallest absolute Gasteiger partial charge is 0.317 e. The molecule has 0 saturated heterocycles. The van der Waals surface area contributed by atoms with Crippen molar-refractivity contribution in [1.82, 2.24) is 9.58 Å². The highest BCUT2D eigenvalue weighted by molar-refractivity contribution is 8.27. The summed E-state index contributed by atoms with van der Waals surface area (Å²) in [6, 6.07) is 6.18. The topological polar surface area (TPSA) is 117 Å². The minimum absolute atomic E-state index is 0.0843. The number of benzene rings is 1. The lowest BCUT2D eigenvalue weighted by Crippen LogP contribution is -2.35. The second kappa shape index (κ2) is 7.69. The highest BCUT2D eigenvalue weighted by Gasteiger charge is 2.46. The lowest BCUT2D eigenvalue weighted by atomic mass is 10.1. The van der Waals surface area contributed by atoms with Gasteiger partial charge in [-0.15, -0.1) is 0 Å². The zero-order valence-corrected chi connectivity index (χ0v) is 18.2. The van der Waals surface area contributed by atoms with Crippen LogP contribution in [0.3, 0.4) is 0 Å². The lowest BCUT2D eigenvalue weighted by molar-refractivity contribution is -0.384. The summed E-state index contributed by atoms with van der Waals surface area (Å²) in [5, 5.41) is 22.0. The Labute approximate surface area is 188 Å². The van der Waals surface area contributed by atoms with Gasteiger partial charge in [-0.1, -0.05) is 6.07 Å². The normalized spacial score (nSPS) is 17.4. The summed E-state index contributed by atoms with van der Waals surface area (Å²) < 4.78 is 40.7. The number of amidine groups is 2. The molecule has 4 rings (SSSR count). The van der Waals surface area contributed by atoms with Crippen LogP contribution in [0.1, 0.15) is 22.5 Å². The molecule has 0 aliphatic carbocycles. The molecule has 0 bridgehead atoms. The number of aromatic nitrogens is 1. The summed E-state index contributed by atoms with van der Waals surface area (Å²) in [6.07, 6.45) is -3.36. The highest BCUT2D eigenvalue weighted by atomic mass is 32.2. The molecule has 0 unspecified atom stereocenters. The number of non-ortho nitro benzene ring substituents is 1. The average Bonchev–Trinajstić information content (AvgIpc) is 3.27. The molecule has 13 heteroatoms. The number of rotatable bonds is 3. The van der Waals surface area contributed by atoms with E-state index in [2.05, 4.69) is 10.1 Å². The van der Waals surface area contributed by atoms with Crippen LogP contribution in [0.15, 0.2) is 39.9 Å². The predicted octanol–water partition coefficient (Wildman–Crippen LogP) is 4.49. The van der Waals surface area contributed by atoms with Crippen LogP contribution in [-0.2, 0) is 4.79 Å². The molecule has 0 atom stereocenters. The van der Waals surface area contributed by atoms with E-state index in [0.29, 0.717) is 27.6 Å². The fraction of sp³-hybridized carbons (Fsp3) is 0.200. The molecule has 0 radical (unpaired) electrons. The molecule has 1 aromatic carbocycles. The van der Waals surface area contributed by atoms with E-state index in [4.69, 9.17) is 5.41 Å². The fourth-order valence-corrected chi connectivity index (χ4v) is 4.28. The SMILES string of the molecule is Cc1ccc([N+](=O)[O-])cc1-n1c(C)cc(C=C2C(=N)N3N=C(C(F)(F)F)SC3=NC2=O)c1C. The lowest BCUT2D eigenvalue weighted by Gasteiger charge is -2.20. The number of hydrazone groups is 1. The Morgan fingerprint density at radius 2 is 1.91 bits per heavy atom. The molecule has 0 spiro atoms. The van der Waals surface area contributed by atoms with Crippen molar-refractivity contribution in [2.45, 2.75) is 26.9 Å². The molecule has 1 N–H and O–H groups in total. The predicted molar refractivity (Wildman–Crippen MR) is 118 cm³/mol. The maximum Gasteiger partial charge on any atom is 0.441 e. The number of carbonyl (C=O) groups excluding carboxylic acids is 1. The number of hydrogen-bond acceptors (Lipinski definition) is 6. The number of aliphatic imine (C=N–C) groups is 1. The fourth-order valence-electron chi connectivity index (χ4n) is 3.52. The molecule has 0 saturated carbocycles. The van der Waals surface area contributed by atoms with Gasteiger partial charge in [0.15, 0.2) is 5.84 Å². The first-order valence-corrected chi connectivity index (χ1v) is 10.2. The summed E-state index contributed by atoms with van der Waals surface area (Å²) in [5.41, 5.74) is 2.88. The molecule has 33 heavy (non-hydrogen) atoms. The first-order chi connectivity index (χ1) is 15.4. The zero-order chi connectivity index (χ0) is 24.2. The number of alkyl halides is 3. The van der Waals surface area contributed by atoms with Crippen molar-refractivity contribution < 1.29 is 22.9 Å². The van der Waals surface area contributed by atoms with Gasteiger partial charge in [-0.25, -0.2) is 0 Å². The third-order valence-corrected chi connectivity index (χ3v) is 6.06. The van der Waals surface area contributed by atoms with E-state index < -0.39 is 27.9 Å². The molecule has 3 heterocycles. The molecular formula is C20H15F3N6O3S. The quantitative estimate of drug-likeness (QED) is 0.398. The van der Waals surface area contributed by atoms with Crippen molar-refractivity contribution in [3.8, 4) is 5.69 Å². The molecule has 1 aromatic heterocycles. The van der Waals surface area contributed by atoms with Gasteiger partial charge in [0.05, 0.1) is 16.2 Å². The van der Waals surface area contributed by atoms with E-state index in [0.717, 1.165) is 5.56 Å². The number of nitrogens with one attached hydrogen (secondary N) is 1. The maximum absolute atomic E-state index is 13.0. The molecule has 9 nitrogen and oxygen atoms in total. The highest BCUT2D eigenvalue weighted by Crippen LogP contribution is 2.36. The van der Waals surface area contributed by atoms with Gasteiger partial charge in [-0.2, -0.15) is 28.3 Å². The Kier molecular flexibility index (Phi) is 5.23. The van der Waals surface area contributed by atoms with Crippen LogP contribution in [-0.4, -0.2) is 42.6 Å². The van der Waals surface area contributed by atoms with Gasteiger partial charge >= 0.3 is 6.18 Å². The minimum atomic E-state index is -4.72. The standard InChI is InChI=1S/C20H15F3N6O3S/c1-9-4-5-13(29(31)32)8-15(9)27-10(2)6-12(11(27)3)7-14-16(24)28-19(25-17(14)30)33-18(26-28)20(21,22)23/h4-8,24H,1-3H3. The number of thioether (sulfide) groups is 1. The molecule has 2 aromatic rings. The van der Waals surface area contributed by atoms with Gasteiger partial charge in [0.25, 0.3) is 11.6 Å². The number of aryl methyl sites for hydroxylation is 2. The van der Waals surface area contributed by atoms with Gasteiger partial charge in [0.1, 0.15) is 0 Å². The summed E-state index contributed by atoms with van der Waals surface area (Å²) >= 11 is 0.182. The first-order valence-electron chi connectivity index (χ1n) is 9.40. The van der Waals surface area contributed by atoms with Gasteiger partial charge in [0.2, 0.25) is 10.2 Å². The summed E-state index contributed by atoms with van der Waals surface area (Å²) in [5.74, 6) is -1.37. The van der Waals surface area contributed by atoms with Gasteiger partial charge in [0, 0.05) is 23.5 Å². The molecule has 1 amide bonds. The monoisotopic (exact) mass is 476 g/mol. The summed E-state index contributed by atoms with van der Waals surface area (Å²) in [7, 11) is 0. The van der Waals surface area contributed by atoms with E-state index in [-0.39, 0.29) is 28.2 Å². The van der Waals surface area contributed by atoms with Crippen LogP contribution in [0.5, 0.6) is 0 Å². The number of carbonyl (C=O) groups is 1. The van der Waals surface area contributed by atoms with Crippen LogP contribution in [0.2, 0.25) is 0 Å². The van der Waals surface area contributed by atoms with E-state index >= 15 is 0 Å². The van der Waals surface area contributed by atoms with Crippen LogP contribution >= 0.6 is 11.8 Å². The third kappa shape index (κ3) is 3.84. The second-order valence-electron chi connectivity index (χ2n) is 7.31. The Bertz CT molecular complexity index is 1340. The van der Waals surface area contributed by atoms with Crippen LogP contribution in [0.4, 0.5) is 18.9 Å². The number of fused-ring (bicyclic) bond motifs is 1. The van der Waals surface area contributed by atoms with Gasteiger partial charge in [-0.05, 0) is 55.8 Å². The summed E-state index contributed by atoms with van der Waals surface area (Å²) in [6.45, 7) is 5.30. The second-order valence-corrected chi connectivity index (χ2v) is 8.27. The van der Waals surface area contributed by atoms with Crippen molar-refractivity contribution in [3.63, 3.8) is 0 Å². The Balaban J connectivity index is 1.77. The molecule has 2 aliphatic rings. The average molecular weight is 476 g/mol. The molecule has 0 fully saturated rings. The van der Waals surface area contributed by atoms with Crippen LogP contribution in [0.25, 0.3) is 11.8 Å². The maximum atomic E-state index is 13.0. The van der Waals surface area contributed by atoms with Crippen molar-refractivity contribution in [2.24, 2.45) is 10.1 Å². The number of nitrogens with zero attached hydrogens (tertiary/aromatic N) is 5. The van der Waals surface area contributed by atoms with Crippen molar-refractivity contribution in [1.29, 1.82) is 5.41 Å². The number of halogens is 3. The molecule has 2 aliphatic heterocycles. The molecular weight excluding hydrogens is 461 g/mol. The van der Waals surface area contributed by atoms with E-state index in [9.17, 15) is 28.1 Å². The van der Waals surface area contributed by atoms with Crippen LogP contribution < -0.4 is 0 Å². The van der Waals surface area contributed by atoms with E-state index in [1.807, 2.05) is 0 Å². The number of hydrogen-bond donors (Lipinski definition) is 1. The van der Waals surface area contributed by atoms with Crippen molar-refractivity contribution in [2.75, 3.05) is 0 Å². The first kappa shape index (κ1) is 22.5. The van der Waals surface area contributed by atoms with Gasteiger partial charge < -0.3 is 4.57 Å². The van der Waals surface area contributed by atoms with E-state index in [1.165, 1.54) is 18.2 Å². The van der Waals surface area contributed by atoms with Crippen molar-refractivity contribution >= 4 is 45.5 Å². The molecule has 170 valence electrons. The number of nitro benzene ring substituents is 1. The minimum Gasteiger partial charge on any atom is -0.317 e. The Morgan fingerprint density at radius 1 is 1.21 bits per heavy atom. The number of nitro groups is 1. The van der Waals surface area contributed by atoms with Gasteiger partial charge in [-0.3, -0.25) is 20.3 Å². The van der Waals surface area contributed by atoms with E-state index in [1.54, 1.807) is 37.5 Å². The number of amides is 1. The van der Waals surface area contributed by atoms with Crippen molar-refractivity contribution in [3.05, 3.63) is 62.5 Å². The summed E-state index contributed by atoms with van der Waals surface area (Å²) in [4.78, 5) is 26.9. The van der Waals surface area contributed by atoms with Crippen LogP contribution in [0, 0.1) is 36.3 Å². The zero-order valence-electron chi connectivity index (χ0n) is 17.4. The Hall–Kier alpha value is -3.74. The Morgan fingerprint density at radius 3 is 2.55 bits per heavy atom. The third-order valence-electron chi connectivity index (χ3n) is 5.11.